The van der Waals surface area contributed by atoms with Crippen LogP contribution < -0.4 is 15.8 Å². The van der Waals surface area contributed by atoms with E-state index < -0.39 is 0 Å². The first-order valence-corrected chi connectivity index (χ1v) is 8.76. The van der Waals surface area contributed by atoms with Gasteiger partial charge in [-0.1, -0.05) is 13.8 Å². The van der Waals surface area contributed by atoms with Crippen molar-refractivity contribution in [1.29, 1.82) is 0 Å². The SMILES string of the molecule is CCN1CCN(CC(C)CN=C(N)Nc2ccc(OC)cc2)CC1.I. The molecule has 0 amide bonds. The molecule has 6 nitrogen and oxygen atoms in total. The molecule has 1 aromatic carbocycles. The highest BCUT2D eigenvalue weighted by Gasteiger charge is 2.17. The van der Waals surface area contributed by atoms with E-state index in [1.54, 1.807) is 7.11 Å². The molecule has 142 valence electrons. The molecule has 2 rings (SSSR count). The molecular weight excluding hydrogens is 429 g/mol. The molecule has 1 saturated heterocycles. The van der Waals surface area contributed by atoms with Crippen LogP contribution in [0.15, 0.2) is 29.3 Å². The molecule has 1 heterocycles. The van der Waals surface area contributed by atoms with E-state index in [-0.39, 0.29) is 24.0 Å². The third-order valence-corrected chi connectivity index (χ3v) is 4.42. The number of hydrogen-bond acceptors (Lipinski definition) is 4. The third-order valence-electron chi connectivity index (χ3n) is 4.42. The van der Waals surface area contributed by atoms with Gasteiger partial charge in [0.25, 0.3) is 0 Å². The molecule has 7 heteroatoms. The summed E-state index contributed by atoms with van der Waals surface area (Å²) in [5.74, 6) is 1.78. The van der Waals surface area contributed by atoms with E-state index in [0.29, 0.717) is 11.9 Å². The van der Waals surface area contributed by atoms with Crippen molar-refractivity contribution in [2.45, 2.75) is 13.8 Å². The van der Waals surface area contributed by atoms with Crippen molar-refractivity contribution in [1.82, 2.24) is 9.80 Å². The molecule has 0 spiro atoms. The lowest BCUT2D eigenvalue weighted by molar-refractivity contribution is 0.125. The highest BCUT2D eigenvalue weighted by atomic mass is 127. The van der Waals surface area contributed by atoms with Crippen LogP contribution in [-0.2, 0) is 0 Å². The maximum Gasteiger partial charge on any atom is 0.193 e. The topological polar surface area (TPSA) is 66.1 Å². The number of nitrogens with two attached hydrogens (primary N) is 1. The maximum atomic E-state index is 5.98. The van der Waals surface area contributed by atoms with Gasteiger partial charge in [0.1, 0.15) is 5.75 Å². The number of methoxy groups -OCH3 is 1. The molecule has 1 fully saturated rings. The largest absolute Gasteiger partial charge is 0.497 e. The van der Waals surface area contributed by atoms with E-state index in [9.17, 15) is 0 Å². The molecule has 0 saturated carbocycles. The van der Waals surface area contributed by atoms with E-state index in [2.05, 4.69) is 34.0 Å². The van der Waals surface area contributed by atoms with Gasteiger partial charge in [-0.05, 0) is 36.7 Å². The monoisotopic (exact) mass is 461 g/mol. The average molecular weight is 461 g/mol. The minimum atomic E-state index is 0. The van der Waals surface area contributed by atoms with Crippen molar-refractivity contribution in [3.8, 4) is 5.75 Å². The van der Waals surface area contributed by atoms with Crippen molar-refractivity contribution >= 4 is 35.6 Å². The van der Waals surface area contributed by atoms with Crippen LogP contribution in [0, 0.1) is 5.92 Å². The van der Waals surface area contributed by atoms with Crippen LogP contribution in [-0.4, -0.2) is 68.7 Å². The Balaban J connectivity index is 0.00000312. The van der Waals surface area contributed by atoms with Crippen LogP contribution in [0.25, 0.3) is 0 Å². The highest BCUT2D eigenvalue weighted by Crippen LogP contribution is 2.14. The molecule has 25 heavy (non-hydrogen) atoms. The maximum absolute atomic E-state index is 5.98. The summed E-state index contributed by atoms with van der Waals surface area (Å²) in [5, 5.41) is 3.12. The number of hydrogen-bond donors (Lipinski definition) is 2. The number of likely N-dealkylation sites (N-methyl/N-ethyl adjacent to an activating group) is 1. The fourth-order valence-electron chi connectivity index (χ4n) is 2.90. The quantitative estimate of drug-likeness (QED) is 0.371. The normalized spacial score (nSPS) is 17.6. The van der Waals surface area contributed by atoms with Crippen molar-refractivity contribution in [2.24, 2.45) is 16.6 Å². The molecule has 1 aromatic rings. The Kier molecular flexibility index (Phi) is 10.1. The van der Waals surface area contributed by atoms with E-state index >= 15 is 0 Å². The van der Waals surface area contributed by atoms with Crippen LogP contribution in [0.5, 0.6) is 5.75 Å². The van der Waals surface area contributed by atoms with Crippen LogP contribution >= 0.6 is 24.0 Å². The van der Waals surface area contributed by atoms with Gasteiger partial charge >= 0.3 is 0 Å². The smallest absolute Gasteiger partial charge is 0.193 e. The zero-order valence-corrected chi connectivity index (χ0v) is 17.9. The zero-order chi connectivity index (χ0) is 17.4. The van der Waals surface area contributed by atoms with Gasteiger partial charge < -0.3 is 25.6 Å². The van der Waals surface area contributed by atoms with E-state index in [1.807, 2.05) is 24.3 Å². The highest BCUT2D eigenvalue weighted by molar-refractivity contribution is 14.0. The predicted molar refractivity (Wildman–Crippen MR) is 116 cm³/mol. The average Bonchev–Trinajstić information content (AvgIpc) is 2.61. The zero-order valence-electron chi connectivity index (χ0n) is 15.6. The van der Waals surface area contributed by atoms with E-state index in [4.69, 9.17) is 10.5 Å². The Bertz CT molecular complexity index is 515. The standard InChI is InChI=1S/C18H31N5O.HI/c1-4-22-9-11-23(12-10-22)14-15(2)13-20-18(19)21-16-5-7-17(24-3)8-6-16;/h5-8,15H,4,9-14H2,1-3H3,(H3,19,20,21);1H. The molecule has 1 unspecified atom stereocenters. The third kappa shape index (κ3) is 7.79. The molecule has 0 aromatic heterocycles. The van der Waals surface area contributed by atoms with Crippen LogP contribution in [0.4, 0.5) is 5.69 Å². The van der Waals surface area contributed by atoms with Crippen LogP contribution in [0.1, 0.15) is 13.8 Å². The minimum Gasteiger partial charge on any atom is -0.497 e. The molecule has 0 radical (unpaired) electrons. The van der Waals surface area contributed by atoms with E-state index in [1.165, 1.54) is 13.1 Å². The predicted octanol–water partition coefficient (Wildman–Crippen LogP) is 2.31. The van der Waals surface area contributed by atoms with E-state index in [0.717, 1.165) is 44.2 Å². The molecule has 3 N–H and O–H groups in total. The second-order valence-corrected chi connectivity index (χ2v) is 6.42. The Hall–Kier alpha value is -1.06. The van der Waals surface area contributed by atoms with Gasteiger partial charge in [0.2, 0.25) is 0 Å². The Morgan fingerprint density at radius 2 is 1.80 bits per heavy atom. The first-order valence-electron chi connectivity index (χ1n) is 8.76. The molecule has 1 atom stereocenters. The summed E-state index contributed by atoms with van der Waals surface area (Å²) in [6.07, 6.45) is 0. The summed E-state index contributed by atoms with van der Waals surface area (Å²) in [6, 6.07) is 7.65. The van der Waals surface area contributed by atoms with Gasteiger partial charge in [-0.25, -0.2) is 0 Å². The fraction of sp³-hybridized carbons (Fsp3) is 0.611. The number of nitrogens with zero attached hydrogens (tertiary/aromatic N) is 3. The van der Waals surface area contributed by atoms with Gasteiger partial charge in [-0.15, -0.1) is 24.0 Å². The molecule has 1 aliphatic heterocycles. The van der Waals surface area contributed by atoms with Gasteiger partial charge in [0.05, 0.1) is 7.11 Å². The lowest BCUT2D eigenvalue weighted by atomic mass is 10.1. The van der Waals surface area contributed by atoms with Crippen LogP contribution in [0.3, 0.4) is 0 Å². The lowest BCUT2D eigenvalue weighted by Crippen LogP contribution is -2.47. The van der Waals surface area contributed by atoms with Crippen LogP contribution in [0.2, 0.25) is 0 Å². The molecular formula is C18H32IN5O. The number of halogens is 1. The Morgan fingerprint density at radius 1 is 1.20 bits per heavy atom. The number of aliphatic imine (C=N–C) groups is 1. The second-order valence-electron chi connectivity index (χ2n) is 6.42. The number of ether oxygens (including phenoxy) is 1. The molecule has 1 aliphatic rings. The Morgan fingerprint density at radius 3 is 2.36 bits per heavy atom. The summed E-state index contributed by atoms with van der Waals surface area (Å²) < 4.78 is 5.14. The summed E-state index contributed by atoms with van der Waals surface area (Å²) in [6.45, 7) is 12.1. The first kappa shape index (κ1) is 22.0. The number of benzene rings is 1. The van der Waals surface area contributed by atoms with Crippen molar-refractivity contribution in [2.75, 3.05) is 58.2 Å². The lowest BCUT2D eigenvalue weighted by Gasteiger charge is -2.35. The summed E-state index contributed by atoms with van der Waals surface area (Å²) >= 11 is 0. The fourth-order valence-corrected chi connectivity index (χ4v) is 2.90. The number of piperazine rings is 1. The van der Waals surface area contributed by atoms with Gasteiger partial charge in [-0.2, -0.15) is 0 Å². The summed E-state index contributed by atoms with van der Waals surface area (Å²) in [5.41, 5.74) is 6.90. The van der Waals surface area contributed by atoms with Gasteiger partial charge in [0, 0.05) is 45.0 Å². The van der Waals surface area contributed by atoms with Crippen molar-refractivity contribution in [3.05, 3.63) is 24.3 Å². The molecule has 0 aliphatic carbocycles. The first-order chi connectivity index (χ1) is 11.6. The molecule has 0 bridgehead atoms. The number of guanidine groups is 1. The van der Waals surface area contributed by atoms with Crippen molar-refractivity contribution < 1.29 is 4.74 Å². The van der Waals surface area contributed by atoms with Crippen molar-refractivity contribution in [3.63, 3.8) is 0 Å². The summed E-state index contributed by atoms with van der Waals surface area (Å²) in [7, 11) is 1.65. The second kappa shape index (κ2) is 11.5. The number of nitrogens with one attached hydrogen (secondary N) is 1. The number of rotatable bonds is 7. The minimum absolute atomic E-state index is 0. The summed E-state index contributed by atoms with van der Waals surface area (Å²) in [4.78, 5) is 9.50. The Labute approximate surface area is 168 Å². The van der Waals surface area contributed by atoms with Gasteiger partial charge in [-0.3, -0.25) is 4.99 Å². The van der Waals surface area contributed by atoms with Gasteiger partial charge in [0.15, 0.2) is 5.96 Å². The number of anilines is 1.